The fourth-order valence-electron chi connectivity index (χ4n) is 4.30. The lowest BCUT2D eigenvalue weighted by Crippen LogP contribution is -2.22. The number of aliphatic hydroxyl groups excluding tert-OH is 1. The summed E-state index contributed by atoms with van der Waals surface area (Å²) in [5.41, 5.74) is 3.95. The number of carbonyl (C=O) groups is 1. The Bertz CT molecular complexity index is 1160. The van der Waals surface area contributed by atoms with Crippen LogP contribution in [0.15, 0.2) is 71.6 Å². The SMILES string of the molecule is C[C@@H](CO)CSc1ccc(-c2cccc(CC(=O)C3(c4ccc5c(c4)OCO5)CC3)c2)cc1.O.O.[HH]. The summed E-state index contributed by atoms with van der Waals surface area (Å²) >= 11 is 1.76. The van der Waals surface area contributed by atoms with E-state index in [2.05, 4.69) is 36.4 Å². The molecule has 5 N–H and O–H groups in total. The van der Waals surface area contributed by atoms with Gasteiger partial charge in [0.2, 0.25) is 6.79 Å². The maximum absolute atomic E-state index is 13.3. The van der Waals surface area contributed by atoms with E-state index in [-0.39, 0.29) is 42.9 Å². The Morgan fingerprint density at radius 2 is 1.74 bits per heavy atom. The zero-order valence-electron chi connectivity index (χ0n) is 19.8. The fourth-order valence-corrected chi connectivity index (χ4v) is 5.21. The Hall–Kier alpha value is -2.84. The van der Waals surface area contributed by atoms with Crippen LogP contribution in [0.25, 0.3) is 11.1 Å². The second-order valence-electron chi connectivity index (χ2n) is 9.07. The van der Waals surface area contributed by atoms with Gasteiger partial charge in [-0.3, -0.25) is 4.79 Å². The molecule has 0 amide bonds. The third-order valence-corrected chi connectivity index (χ3v) is 7.88. The molecule has 3 aromatic carbocycles. The van der Waals surface area contributed by atoms with Crippen LogP contribution in [0.2, 0.25) is 0 Å². The molecule has 0 unspecified atom stereocenters. The van der Waals surface area contributed by atoms with Crippen LogP contribution in [0, 0.1) is 5.92 Å². The van der Waals surface area contributed by atoms with E-state index in [9.17, 15) is 9.90 Å². The summed E-state index contributed by atoms with van der Waals surface area (Å²) in [5.74, 6) is 2.95. The molecule has 3 aromatic rings. The fraction of sp³-hybridized carbons (Fsp3) is 0.321. The maximum atomic E-state index is 13.3. The number of aliphatic hydroxyl groups is 1. The summed E-state index contributed by atoms with van der Waals surface area (Å²) in [6.45, 7) is 2.51. The number of thioether (sulfide) groups is 1. The van der Waals surface area contributed by atoms with E-state index in [0.29, 0.717) is 6.42 Å². The highest BCUT2D eigenvalue weighted by Crippen LogP contribution is 2.51. The van der Waals surface area contributed by atoms with E-state index < -0.39 is 0 Å². The first-order valence-electron chi connectivity index (χ1n) is 11.4. The number of hydrogen-bond donors (Lipinski definition) is 1. The van der Waals surface area contributed by atoms with Gasteiger partial charge in [0.1, 0.15) is 5.78 Å². The minimum atomic E-state index is -0.387. The molecule has 1 aliphatic carbocycles. The average molecular weight is 499 g/mol. The molecule has 5 rings (SSSR count). The van der Waals surface area contributed by atoms with Crippen LogP contribution in [-0.4, -0.2) is 41.0 Å². The average Bonchev–Trinajstić information content (AvgIpc) is 3.54. The first kappa shape index (κ1) is 26.8. The Balaban J connectivity index is 0.00000152. The van der Waals surface area contributed by atoms with Crippen molar-refractivity contribution in [2.75, 3.05) is 19.2 Å². The number of fused-ring (bicyclic) bond motifs is 1. The molecule has 188 valence electrons. The number of Topliss-reactive ketones (excluding diaryl/α,β-unsaturated/α-hetero) is 1. The molecule has 0 saturated heterocycles. The van der Waals surface area contributed by atoms with Crippen molar-refractivity contribution >= 4 is 17.5 Å². The predicted molar refractivity (Wildman–Crippen MR) is 140 cm³/mol. The summed E-state index contributed by atoms with van der Waals surface area (Å²) in [7, 11) is 0. The largest absolute Gasteiger partial charge is 0.454 e. The molecular formula is C28H34O6S. The highest BCUT2D eigenvalue weighted by atomic mass is 32.2. The van der Waals surface area contributed by atoms with Crippen molar-refractivity contribution in [3.8, 4) is 22.6 Å². The molecule has 35 heavy (non-hydrogen) atoms. The molecular weight excluding hydrogens is 464 g/mol. The molecule has 1 atom stereocenters. The van der Waals surface area contributed by atoms with Crippen molar-refractivity contribution in [3.05, 3.63) is 77.9 Å². The monoisotopic (exact) mass is 498 g/mol. The minimum absolute atomic E-state index is 0. The van der Waals surface area contributed by atoms with Crippen molar-refractivity contribution < 1.29 is 31.8 Å². The highest BCUT2D eigenvalue weighted by molar-refractivity contribution is 7.99. The smallest absolute Gasteiger partial charge is 0.231 e. The van der Waals surface area contributed by atoms with Gasteiger partial charge in [-0.1, -0.05) is 49.4 Å². The van der Waals surface area contributed by atoms with E-state index >= 15 is 0 Å². The number of rotatable bonds is 9. The van der Waals surface area contributed by atoms with Crippen LogP contribution in [0.1, 0.15) is 32.3 Å². The molecule has 1 heterocycles. The first-order valence-corrected chi connectivity index (χ1v) is 12.4. The van der Waals surface area contributed by atoms with Crippen LogP contribution < -0.4 is 9.47 Å². The van der Waals surface area contributed by atoms with Crippen molar-refractivity contribution in [1.29, 1.82) is 0 Å². The zero-order valence-corrected chi connectivity index (χ0v) is 20.6. The topological polar surface area (TPSA) is 119 Å². The molecule has 1 saturated carbocycles. The minimum Gasteiger partial charge on any atom is -0.454 e. The number of benzene rings is 3. The number of hydrogen-bond acceptors (Lipinski definition) is 5. The van der Waals surface area contributed by atoms with Crippen molar-refractivity contribution in [2.24, 2.45) is 5.92 Å². The van der Waals surface area contributed by atoms with Crippen LogP contribution in [-0.2, 0) is 16.6 Å². The summed E-state index contributed by atoms with van der Waals surface area (Å²) in [6.07, 6.45) is 2.20. The maximum Gasteiger partial charge on any atom is 0.231 e. The molecule has 1 aliphatic heterocycles. The van der Waals surface area contributed by atoms with Crippen LogP contribution in [0.4, 0.5) is 0 Å². The van der Waals surface area contributed by atoms with E-state index in [0.717, 1.165) is 52.3 Å². The molecule has 0 radical (unpaired) electrons. The van der Waals surface area contributed by atoms with Gasteiger partial charge in [0.05, 0.1) is 5.41 Å². The van der Waals surface area contributed by atoms with Crippen LogP contribution >= 0.6 is 11.8 Å². The number of ether oxygens (including phenoxy) is 2. The molecule has 6 nitrogen and oxygen atoms in total. The van der Waals surface area contributed by atoms with E-state index in [1.54, 1.807) is 11.8 Å². The van der Waals surface area contributed by atoms with E-state index in [4.69, 9.17) is 9.47 Å². The summed E-state index contributed by atoms with van der Waals surface area (Å²) in [5, 5.41) is 9.20. The van der Waals surface area contributed by atoms with Gasteiger partial charge in [0.25, 0.3) is 0 Å². The Morgan fingerprint density at radius 3 is 2.46 bits per heavy atom. The normalized spacial score (nSPS) is 15.5. The molecule has 1 fully saturated rings. The van der Waals surface area contributed by atoms with Crippen LogP contribution in [0.3, 0.4) is 0 Å². The van der Waals surface area contributed by atoms with E-state index in [1.807, 2.05) is 37.3 Å². The summed E-state index contributed by atoms with van der Waals surface area (Å²) in [4.78, 5) is 14.5. The summed E-state index contributed by atoms with van der Waals surface area (Å²) < 4.78 is 10.9. The van der Waals surface area contributed by atoms with Gasteiger partial charge >= 0.3 is 0 Å². The summed E-state index contributed by atoms with van der Waals surface area (Å²) in [6, 6.07) is 22.7. The van der Waals surface area contributed by atoms with Gasteiger partial charge in [-0.25, -0.2) is 0 Å². The lowest BCUT2D eigenvalue weighted by molar-refractivity contribution is -0.120. The number of ketones is 1. The van der Waals surface area contributed by atoms with Crippen molar-refractivity contribution in [3.63, 3.8) is 0 Å². The van der Waals surface area contributed by atoms with Crippen molar-refractivity contribution in [1.82, 2.24) is 0 Å². The molecule has 0 bridgehead atoms. The van der Waals surface area contributed by atoms with Crippen LogP contribution in [0.5, 0.6) is 11.5 Å². The zero-order chi connectivity index (χ0) is 22.8. The lowest BCUT2D eigenvalue weighted by atomic mass is 9.87. The molecule has 0 spiro atoms. The number of carbonyl (C=O) groups excluding carboxylic acids is 1. The lowest BCUT2D eigenvalue weighted by Gasteiger charge is -2.16. The Morgan fingerprint density at radius 1 is 1.00 bits per heavy atom. The molecule has 7 heteroatoms. The van der Waals surface area contributed by atoms with Crippen molar-refractivity contribution in [2.45, 2.75) is 36.5 Å². The highest BCUT2D eigenvalue weighted by Gasteiger charge is 2.50. The van der Waals surface area contributed by atoms with Gasteiger partial charge in [0.15, 0.2) is 11.5 Å². The Labute approximate surface area is 211 Å². The predicted octanol–water partition coefficient (Wildman–Crippen LogP) is 4.24. The second-order valence-corrected chi connectivity index (χ2v) is 10.2. The van der Waals surface area contributed by atoms with Gasteiger partial charge in [-0.05, 0) is 65.3 Å². The van der Waals surface area contributed by atoms with Gasteiger partial charge in [-0.2, -0.15) is 0 Å². The molecule has 2 aliphatic rings. The standard InChI is InChI=1S/C28H28O4S.2H2O.H2/c1-19(16-29)17-33-24-8-5-21(6-9-24)22-4-2-3-20(13-22)14-27(30)28(11-12-28)23-7-10-25-26(15-23)32-18-31-25;;;/h2-10,13,15,19,29H,11-12,14,16-18H2,1H3;2*1H2;1H/t19-;;;/m0.../s1. The van der Waals surface area contributed by atoms with E-state index in [1.165, 1.54) is 4.90 Å². The third kappa shape index (κ3) is 5.70. The van der Waals surface area contributed by atoms with Gasteiger partial charge < -0.3 is 25.5 Å². The van der Waals surface area contributed by atoms with Gasteiger partial charge in [0, 0.05) is 25.1 Å². The third-order valence-electron chi connectivity index (χ3n) is 6.53. The first-order chi connectivity index (χ1) is 16.1. The second kappa shape index (κ2) is 11.3. The Kier molecular flexibility index (Phi) is 8.61. The quantitative estimate of drug-likeness (QED) is 0.443. The molecule has 0 aromatic heterocycles. The van der Waals surface area contributed by atoms with Gasteiger partial charge in [-0.15, -0.1) is 11.8 Å².